The standard InChI is InChI=1S/C16H15N3OS/c20-16(11-5-6-12-10-17-18-13(12)9-11)19-7-1-3-14(19)15-4-2-8-21-15/h2,4-6,8-10,14H,1,3,7H2,(H,17,18). The number of hydrogen-bond acceptors (Lipinski definition) is 3. The second-order valence-corrected chi connectivity index (χ2v) is 6.32. The molecule has 4 rings (SSSR count). The molecular formula is C16H15N3OS. The van der Waals surface area contributed by atoms with Gasteiger partial charge in [0.15, 0.2) is 0 Å². The normalized spacial score (nSPS) is 18.5. The van der Waals surface area contributed by atoms with E-state index in [1.54, 1.807) is 17.5 Å². The van der Waals surface area contributed by atoms with Crippen molar-refractivity contribution >= 4 is 28.1 Å². The average Bonchev–Trinajstić information content (AvgIpc) is 3.24. The van der Waals surface area contributed by atoms with E-state index in [1.807, 2.05) is 23.1 Å². The lowest BCUT2D eigenvalue weighted by Crippen LogP contribution is -2.30. The Morgan fingerprint density at radius 1 is 1.38 bits per heavy atom. The zero-order valence-electron chi connectivity index (χ0n) is 11.5. The van der Waals surface area contributed by atoms with Crippen molar-refractivity contribution in [2.24, 2.45) is 0 Å². The first kappa shape index (κ1) is 12.6. The molecule has 1 fully saturated rings. The molecule has 1 atom stereocenters. The van der Waals surface area contributed by atoms with Gasteiger partial charge in [-0.1, -0.05) is 12.1 Å². The highest BCUT2D eigenvalue weighted by atomic mass is 32.1. The molecule has 1 N–H and O–H groups in total. The number of nitrogens with one attached hydrogen (secondary N) is 1. The van der Waals surface area contributed by atoms with Gasteiger partial charge < -0.3 is 4.90 Å². The maximum Gasteiger partial charge on any atom is 0.254 e. The minimum Gasteiger partial charge on any atom is -0.331 e. The van der Waals surface area contributed by atoms with Gasteiger partial charge in [-0.3, -0.25) is 9.89 Å². The van der Waals surface area contributed by atoms with Crippen LogP contribution >= 0.6 is 11.3 Å². The van der Waals surface area contributed by atoms with Crippen LogP contribution in [0.3, 0.4) is 0 Å². The Morgan fingerprint density at radius 3 is 3.19 bits per heavy atom. The van der Waals surface area contributed by atoms with Gasteiger partial charge in [-0.2, -0.15) is 5.10 Å². The maximum atomic E-state index is 12.8. The molecule has 5 heteroatoms. The van der Waals surface area contributed by atoms with Crippen LogP contribution in [0.15, 0.2) is 41.9 Å². The number of carbonyl (C=O) groups is 1. The van der Waals surface area contributed by atoms with Crippen molar-refractivity contribution in [2.45, 2.75) is 18.9 Å². The Hall–Kier alpha value is -2.14. The molecule has 106 valence electrons. The molecule has 0 radical (unpaired) electrons. The van der Waals surface area contributed by atoms with Crippen molar-refractivity contribution in [3.63, 3.8) is 0 Å². The molecule has 0 aliphatic carbocycles. The van der Waals surface area contributed by atoms with Crippen molar-refractivity contribution in [1.29, 1.82) is 0 Å². The molecule has 4 nitrogen and oxygen atoms in total. The predicted molar refractivity (Wildman–Crippen MR) is 83.4 cm³/mol. The van der Waals surface area contributed by atoms with E-state index >= 15 is 0 Å². The second kappa shape index (κ2) is 5.00. The Morgan fingerprint density at radius 2 is 2.33 bits per heavy atom. The van der Waals surface area contributed by atoms with Gasteiger partial charge in [-0.15, -0.1) is 11.3 Å². The van der Waals surface area contributed by atoms with Gasteiger partial charge in [0.2, 0.25) is 0 Å². The Balaban J connectivity index is 1.66. The van der Waals surface area contributed by atoms with Crippen molar-refractivity contribution in [3.05, 3.63) is 52.3 Å². The third kappa shape index (κ3) is 2.14. The molecule has 0 spiro atoms. The third-order valence-electron chi connectivity index (χ3n) is 4.07. The van der Waals surface area contributed by atoms with Gasteiger partial charge >= 0.3 is 0 Å². The molecule has 0 saturated carbocycles. The van der Waals surface area contributed by atoms with E-state index in [2.05, 4.69) is 27.7 Å². The van der Waals surface area contributed by atoms with Gasteiger partial charge in [-0.05, 0) is 36.4 Å². The lowest BCUT2D eigenvalue weighted by atomic mass is 10.1. The van der Waals surface area contributed by atoms with E-state index in [-0.39, 0.29) is 11.9 Å². The van der Waals surface area contributed by atoms with Gasteiger partial charge in [-0.25, -0.2) is 0 Å². The third-order valence-corrected chi connectivity index (χ3v) is 5.05. The Kier molecular flexibility index (Phi) is 3.00. The van der Waals surface area contributed by atoms with E-state index in [0.717, 1.165) is 35.9 Å². The largest absolute Gasteiger partial charge is 0.331 e. The molecule has 0 bridgehead atoms. The Bertz CT molecular complexity index is 778. The highest BCUT2D eigenvalue weighted by Crippen LogP contribution is 2.35. The topological polar surface area (TPSA) is 49.0 Å². The highest BCUT2D eigenvalue weighted by Gasteiger charge is 2.31. The van der Waals surface area contributed by atoms with Crippen LogP contribution < -0.4 is 0 Å². The van der Waals surface area contributed by atoms with E-state index < -0.39 is 0 Å². The van der Waals surface area contributed by atoms with Crippen LogP contribution in [-0.4, -0.2) is 27.5 Å². The lowest BCUT2D eigenvalue weighted by Gasteiger charge is -2.24. The van der Waals surface area contributed by atoms with Crippen LogP contribution in [0.1, 0.15) is 34.1 Å². The van der Waals surface area contributed by atoms with E-state index in [0.29, 0.717) is 0 Å². The summed E-state index contributed by atoms with van der Waals surface area (Å²) in [5, 5.41) is 10.0. The summed E-state index contributed by atoms with van der Waals surface area (Å²) in [4.78, 5) is 16.1. The van der Waals surface area contributed by atoms with Crippen molar-refractivity contribution in [1.82, 2.24) is 15.1 Å². The number of nitrogens with zero attached hydrogens (tertiary/aromatic N) is 2. The molecular weight excluding hydrogens is 282 g/mol. The number of carbonyl (C=O) groups excluding carboxylic acids is 1. The summed E-state index contributed by atoms with van der Waals surface area (Å²) < 4.78 is 0. The first-order valence-electron chi connectivity index (χ1n) is 7.10. The number of fused-ring (bicyclic) bond motifs is 1. The summed E-state index contributed by atoms with van der Waals surface area (Å²) in [7, 11) is 0. The number of rotatable bonds is 2. The van der Waals surface area contributed by atoms with E-state index in [4.69, 9.17) is 0 Å². The Labute approximate surface area is 126 Å². The number of amides is 1. The van der Waals surface area contributed by atoms with Crippen LogP contribution in [0.2, 0.25) is 0 Å². The molecule has 1 saturated heterocycles. The van der Waals surface area contributed by atoms with Gasteiger partial charge in [0, 0.05) is 22.4 Å². The predicted octanol–water partition coefficient (Wildman–Crippen LogP) is 3.60. The first-order chi connectivity index (χ1) is 10.3. The summed E-state index contributed by atoms with van der Waals surface area (Å²) >= 11 is 1.73. The summed E-state index contributed by atoms with van der Waals surface area (Å²) in [6.45, 7) is 0.836. The second-order valence-electron chi connectivity index (χ2n) is 5.34. The quantitative estimate of drug-likeness (QED) is 0.785. The molecule has 3 heterocycles. The van der Waals surface area contributed by atoms with Crippen LogP contribution in [-0.2, 0) is 0 Å². The SMILES string of the molecule is O=C(c1ccc2cn[nH]c2c1)N1CCCC1c1cccs1. The number of likely N-dealkylation sites (tertiary alicyclic amines) is 1. The summed E-state index contributed by atoms with van der Waals surface area (Å²) in [5.41, 5.74) is 1.64. The maximum absolute atomic E-state index is 12.8. The molecule has 21 heavy (non-hydrogen) atoms. The molecule has 1 aliphatic heterocycles. The van der Waals surface area contributed by atoms with E-state index in [1.165, 1.54) is 4.88 Å². The number of hydrogen-bond donors (Lipinski definition) is 1. The number of H-pyrrole nitrogens is 1. The summed E-state index contributed by atoms with van der Waals surface area (Å²) in [6, 6.07) is 10.1. The zero-order valence-corrected chi connectivity index (χ0v) is 12.3. The minimum absolute atomic E-state index is 0.113. The van der Waals surface area contributed by atoms with Crippen LogP contribution in [0, 0.1) is 0 Å². The zero-order chi connectivity index (χ0) is 14.2. The van der Waals surface area contributed by atoms with E-state index in [9.17, 15) is 4.79 Å². The number of aromatic amines is 1. The fraction of sp³-hybridized carbons (Fsp3) is 0.250. The first-order valence-corrected chi connectivity index (χ1v) is 7.98. The minimum atomic E-state index is 0.113. The van der Waals surface area contributed by atoms with Gasteiger partial charge in [0.05, 0.1) is 17.8 Å². The number of benzene rings is 1. The van der Waals surface area contributed by atoms with Crippen molar-refractivity contribution in [3.8, 4) is 0 Å². The van der Waals surface area contributed by atoms with Crippen LogP contribution in [0.5, 0.6) is 0 Å². The fourth-order valence-corrected chi connectivity index (χ4v) is 3.90. The van der Waals surface area contributed by atoms with Crippen LogP contribution in [0.4, 0.5) is 0 Å². The molecule has 3 aromatic rings. The molecule has 1 amide bonds. The van der Waals surface area contributed by atoms with Crippen LogP contribution in [0.25, 0.3) is 10.9 Å². The lowest BCUT2D eigenvalue weighted by molar-refractivity contribution is 0.0738. The smallest absolute Gasteiger partial charge is 0.254 e. The van der Waals surface area contributed by atoms with Crippen molar-refractivity contribution < 1.29 is 4.79 Å². The van der Waals surface area contributed by atoms with Gasteiger partial charge in [0.25, 0.3) is 5.91 Å². The summed E-state index contributed by atoms with van der Waals surface area (Å²) in [6.07, 6.45) is 3.90. The number of thiophene rings is 1. The number of aromatic nitrogens is 2. The molecule has 1 aliphatic rings. The molecule has 1 aromatic carbocycles. The summed E-state index contributed by atoms with van der Waals surface area (Å²) in [5.74, 6) is 0.113. The molecule has 1 unspecified atom stereocenters. The van der Waals surface area contributed by atoms with Crippen molar-refractivity contribution in [2.75, 3.05) is 6.54 Å². The van der Waals surface area contributed by atoms with Gasteiger partial charge in [0.1, 0.15) is 0 Å². The average molecular weight is 297 g/mol. The highest BCUT2D eigenvalue weighted by molar-refractivity contribution is 7.10. The fourth-order valence-electron chi connectivity index (χ4n) is 3.02. The molecule has 2 aromatic heterocycles. The monoisotopic (exact) mass is 297 g/mol.